The highest BCUT2D eigenvalue weighted by Crippen LogP contribution is 1.83. The molecule has 2 N–H and O–H groups in total. The molecule has 0 spiro atoms. The highest BCUT2D eigenvalue weighted by molar-refractivity contribution is 5.93. The number of primary amides is 1. The molecule has 0 radical (unpaired) electrons. The molecule has 4 nitrogen and oxygen atoms in total. The monoisotopic (exact) mass is 131 g/mol. The standard InChI is InChI=1S/C5H9NO3/c1-2-9-4(3-7)5(6)8/h3-4H,2H2,1H3,(H2,6,8). The van der Waals surface area contributed by atoms with E-state index < -0.39 is 12.0 Å². The third kappa shape index (κ3) is 2.81. The average Bonchev–Trinajstić information content (AvgIpc) is 1.82. The first-order valence-electron chi connectivity index (χ1n) is 2.58. The van der Waals surface area contributed by atoms with Crippen LogP contribution in [0.4, 0.5) is 0 Å². The molecular weight excluding hydrogens is 122 g/mol. The summed E-state index contributed by atoms with van der Waals surface area (Å²) in [5.74, 6) is -0.744. The Kier molecular flexibility index (Phi) is 3.62. The van der Waals surface area contributed by atoms with Gasteiger partial charge in [-0.2, -0.15) is 0 Å². The number of nitrogens with two attached hydrogens (primary N) is 1. The van der Waals surface area contributed by atoms with Gasteiger partial charge >= 0.3 is 0 Å². The quantitative estimate of drug-likeness (QED) is 0.396. The first kappa shape index (κ1) is 8.10. The molecule has 0 aromatic rings. The Morgan fingerprint density at radius 3 is 2.56 bits per heavy atom. The van der Waals surface area contributed by atoms with E-state index >= 15 is 0 Å². The maximum absolute atomic E-state index is 10.2. The van der Waals surface area contributed by atoms with Crippen molar-refractivity contribution in [3.63, 3.8) is 0 Å². The fourth-order valence-electron chi connectivity index (χ4n) is 0.368. The van der Waals surface area contributed by atoms with Gasteiger partial charge in [-0.1, -0.05) is 0 Å². The fraction of sp³-hybridized carbons (Fsp3) is 0.600. The van der Waals surface area contributed by atoms with Crippen LogP contribution >= 0.6 is 0 Å². The van der Waals surface area contributed by atoms with Gasteiger partial charge in [0.2, 0.25) is 0 Å². The molecule has 0 fully saturated rings. The van der Waals surface area contributed by atoms with Crippen molar-refractivity contribution >= 4 is 12.2 Å². The average molecular weight is 131 g/mol. The predicted molar refractivity (Wildman–Crippen MR) is 30.7 cm³/mol. The molecule has 0 aliphatic rings. The molecule has 52 valence electrons. The van der Waals surface area contributed by atoms with Crippen molar-refractivity contribution in [2.45, 2.75) is 13.0 Å². The highest BCUT2D eigenvalue weighted by Gasteiger charge is 2.11. The summed E-state index contributed by atoms with van der Waals surface area (Å²) in [4.78, 5) is 20.1. The maximum Gasteiger partial charge on any atom is 0.253 e. The van der Waals surface area contributed by atoms with Crippen molar-refractivity contribution in [1.29, 1.82) is 0 Å². The van der Waals surface area contributed by atoms with Gasteiger partial charge in [-0.25, -0.2) is 0 Å². The lowest BCUT2D eigenvalue weighted by Gasteiger charge is -2.03. The molecule has 0 aromatic carbocycles. The molecule has 1 amide bonds. The van der Waals surface area contributed by atoms with Crippen LogP contribution in [0.5, 0.6) is 0 Å². The Bertz CT molecular complexity index is 113. The molecular formula is C5H9NO3. The second-order valence-corrected chi connectivity index (χ2v) is 1.41. The van der Waals surface area contributed by atoms with Gasteiger partial charge in [0.05, 0.1) is 0 Å². The summed E-state index contributed by atoms with van der Waals surface area (Å²) in [6.45, 7) is 1.99. The van der Waals surface area contributed by atoms with Crippen LogP contribution in [0.3, 0.4) is 0 Å². The lowest BCUT2D eigenvalue weighted by molar-refractivity contribution is -0.135. The Labute approximate surface area is 53.0 Å². The van der Waals surface area contributed by atoms with Gasteiger partial charge in [-0.15, -0.1) is 0 Å². The van der Waals surface area contributed by atoms with Gasteiger partial charge in [-0.05, 0) is 6.92 Å². The van der Waals surface area contributed by atoms with Gasteiger partial charge in [0, 0.05) is 6.61 Å². The lowest BCUT2D eigenvalue weighted by atomic mass is 10.4. The summed E-state index contributed by atoms with van der Waals surface area (Å²) in [5, 5.41) is 0. The van der Waals surface area contributed by atoms with Gasteiger partial charge < -0.3 is 10.5 Å². The molecule has 1 atom stereocenters. The molecule has 0 aliphatic heterocycles. The van der Waals surface area contributed by atoms with E-state index in [1.165, 1.54) is 0 Å². The third-order valence-electron chi connectivity index (χ3n) is 0.750. The topological polar surface area (TPSA) is 69.4 Å². The molecule has 9 heavy (non-hydrogen) atoms. The zero-order chi connectivity index (χ0) is 7.28. The fourth-order valence-corrected chi connectivity index (χ4v) is 0.368. The highest BCUT2D eigenvalue weighted by atomic mass is 16.5. The Morgan fingerprint density at radius 1 is 1.89 bits per heavy atom. The second kappa shape index (κ2) is 4.03. The normalized spacial score (nSPS) is 12.6. The zero-order valence-corrected chi connectivity index (χ0v) is 5.16. The number of hydrogen-bond donors (Lipinski definition) is 1. The number of aldehydes is 1. The molecule has 0 rings (SSSR count). The Hall–Kier alpha value is -0.900. The predicted octanol–water partition coefficient (Wildman–Crippen LogP) is -0.924. The summed E-state index contributed by atoms with van der Waals surface area (Å²) in [7, 11) is 0. The minimum absolute atomic E-state index is 0.312. The smallest absolute Gasteiger partial charge is 0.253 e. The number of carbonyl (C=O) groups is 2. The maximum atomic E-state index is 10.2. The van der Waals surface area contributed by atoms with Gasteiger partial charge in [0.25, 0.3) is 5.91 Å². The van der Waals surface area contributed by atoms with Crippen LogP contribution in [0.1, 0.15) is 6.92 Å². The van der Waals surface area contributed by atoms with E-state index in [1.807, 2.05) is 0 Å². The van der Waals surface area contributed by atoms with Crippen molar-refractivity contribution in [3.05, 3.63) is 0 Å². The largest absolute Gasteiger partial charge is 0.367 e. The van der Waals surface area contributed by atoms with Gasteiger partial charge in [0.1, 0.15) is 0 Å². The van der Waals surface area contributed by atoms with E-state index in [0.29, 0.717) is 12.9 Å². The van der Waals surface area contributed by atoms with Gasteiger partial charge in [0.15, 0.2) is 12.4 Å². The number of hydrogen-bond acceptors (Lipinski definition) is 3. The van der Waals surface area contributed by atoms with Crippen molar-refractivity contribution in [2.75, 3.05) is 6.61 Å². The molecule has 0 aromatic heterocycles. The minimum atomic E-state index is -1.07. The van der Waals surface area contributed by atoms with Crippen LogP contribution in [0.2, 0.25) is 0 Å². The zero-order valence-electron chi connectivity index (χ0n) is 5.16. The summed E-state index contributed by atoms with van der Waals surface area (Å²) in [6.07, 6.45) is -0.693. The molecule has 1 unspecified atom stereocenters. The number of amides is 1. The van der Waals surface area contributed by atoms with Gasteiger partial charge in [-0.3, -0.25) is 9.59 Å². The summed E-state index contributed by atoms with van der Waals surface area (Å²) < 4.78 is 4.61. The number of carbonyl (C=O) groups excluding carboxylic acids is 2. The lowest BCUT2D eigenvalue weighted by Crippen LogP contribution is -2.32. The molecule has 0 aliphatic carbocycles. The molecule has 0 saturated heterocycles. The van der Waals surface area contributed by atoms with E-state index in [4.69, 9.17) is 5.73 Å². The van der Waals surface area contributed by atoms with E-state index in [9.17, 15) is 9.59 Å². The molecule has 0 bridgehead atoms. The molecule has 4 heteroatoms. The van der Waals surface area contributed by atoms with E-state index in [1.54, 1.807) is 6.92 Å². The Balaban J connectivity index is 3.68. The SMILES string of the molecule is CCOC(C=O)C(N)=O. The summed E-state index contributed by atoms with van der Waals surface area (Å²) >= 11 is 0. The third-order valence-corrected chi connectivity index (χ3v) is 0.750. The number of ether oxygens (including phenoxy) is 1. The molecule has 0 heterocycles. The van der Waals surface area contributed by atoms with Crippen LogP contribution in [-0.4, -0.2) is 24.9 Å². The first-order valence-corrected chi connectivity index (χ1v) is 2.58. The molecule has 0 saturated carbocycles. The van der Waals surface area contributed by atoms with Crippen LogP contribution in [-0.2, 0) is 14.3 Å². The van der Waals surface area contributed by atoms with Crippen LogP contribution in [0, 0.1) is 0 Å². The van der Waals surface area contributed by atoms with Crippen molar-refractivity contribution in [2.24, 2.45) is 5.73 Å². The van der Waals surface area contributed by atoms with Crippen LogP contribution < -0.4 is 5.73 Å². The van der Waals surface area contributed by atoms with Crippen molar-refractivity contribution < 1.29 is 14.3 Å². The van der Waals surface area contributed by atoms with E-state index in [2.05, 4.69) is 4.74 Å². The van der Waals surface area contributed by atoms with Crippen LogP contribution in [0.25, 0.3) is 0 Å². The minimum Gasteiger partial charge on any atom is -0.367 e. The van der Waals surface area contributed by atoms with Crippen molar-refractivity contribution in [1.82, 2.24) is 0 Å². The van der Waals surface area contributed by atoms with E-state index in [0.717, 1.165) is 0 Å². The summed E-state index contributed by atoms with van der Waals surface area (Å²) in [5.41, 5.74) is 4.74. The Morgan fingerprint density at radius 2 is 2.44 bits per heavy atom. The van der Waals surface area contributed by atoms with Crippen LogP contribution in [0.15, 0.2) is 0 Å². The first-order chi connectivity index (χ1) is 4.22. The summed E-state index contributed by atoms with van der Waals surface area (Å²) in [6, 6.07) is 0. The number of rotatable bonds is 4. The van der Waals surface area contributed by atoms with Crippen molar-refractivity contribution in [3.8, 4) is 0 Å². The van der Waals surface area contributed by atoms with E-state index in [-0.39, 0.29) is 0 Å². The second-order valence-electron chi connectivity index (χ2n) is 1.41.